The normalized spacial score (nSPS) is 22.6. The van der Waals surface area contributed by atoms with Crippen molar-refractivity contribution in [1.82, 2.24) is 14.9 Å². The average molecular weight is 251 g/mol. The van der Waals surface area contributed by atoms with Crippen LogP contribution in [0.25, 0.3) is 0 Å². The number of hydrogen-bond donors (Lipinski definition) is 1. The highest BCUT2D eigenvalue weighted by Crippen LogP contribution is 2.30. The highest BCUT2D eigenvalue weighted by Gasteiger charge is 2.32. The van der Waals surface area contributed by atoms with E-state index in [1.54, 1.807) is 0 Å². The van der Waals surface area contributed by atoms with E-state index in [0.29, 0.717) is 6.10 Å². The molecule has 1 saturated heterocycles. The lowest BCUT2D eigenvalue weighted by Crippen LogP contribution is -2.25. The molecule has 0 saturated carbocycles. The van der Waals surface area contributed by atoms with Crippen LogP contribution in [0.15, 0.2) is 6.20 Å². The van der Waals surface area contributed by atoms with E-state index in [2.05, 4.69) is 42.6 Å². The van der Waals surface area contributed by atoms with E-state index in [0.717, 1.165) is 38.3 Å². The fourth-order valence-electron chi connectivity index (χ4n) is 2.57. The van der Waals surface area contributed by atoms with Gasteiger partial charge in [0.2, 0.25) is 0 Å². The number of rotatable bonds is 5. The molecule has 4 nitrogen and oxygen atoms in total. The lowest BCUT2D eigenvalue weighted by atomic mass is 10.1. The van der Waals surface area contributed by atoms with Crippen molar-refractivity contribution in [2.24, 2.45) is 0 Å². The van der Waals surface area contributed by atoms with Gasteiger partial charge in [-0.3, -0.25) is 0 Å². The summed E-state index contributed by atoms with van der Waals surface area (Å²) in [6, 6.07) is 0. The number of aromatic nitrogens is 2. The van der Waals surface area contributed by atoms with E-state index in [-0.39, 0.29) is 5.60 Å². The van der Waals surface area contributed by atoms with Crippen molar-refractivity contribution in [3.05, 3.63) is 17.7 Å². The van der Waals surface area contributed by atoms with E-state index >= 15 is 0 Å². The summed E-state index contributed by atoms with van der Waals surface area (Å²) in [6.45, 7) is 11.3. The molecule has 1 fully saturated rings. The van der Waals surface area contributed by atoms with Crippen molar-refractivity contribution in [3.63, 3.8) is 0 Å². The summed E-state index contributed by atoms with van der Waals surface area (Å²) in [6.07, 6.45) is 4.59. The molecule has 1 aromatic rings. The van der Waals surface area contributed by atoms with Crippen molar-refractivity contribution in [2.45, 2.75) is 65.3 Å². The number of imidazole rings is 1. The van der Waals surface area contributed by atoms with Crippen molar-refractivity contribution in [3.8, 4) is 0 Å². The van der Waals surface area contributed by atoms with Gasteiger partial charge in [-0.1, -0.05) is 6.92 Å². The van der Waals surface area contributed by atoms with Gasteiger partial charge >= 0.3 is 0 Å². The number of ether oxygens (including phenoxy) is 1. The first kappa shape index (κ1) is 13.6. The van der Waals surface area contributed by atoms with E-state index in [9.17, 15) is 0 Å². The van der Waals surface area contributed by atoms with Crippen LogP contribution in [0.3, 0.4) is 0 Å². The van der Waals surface area contributed by atoms with Gasteiger partial charge in [0.05, 0.1) is 23.9 Å². The third-order valence-corrected chi connectivity index (χ3v) is 3.63. The molecule has 1 aliphatic rings. The molecule has 1 N–H and O–H groups in total. The highest BCUT2D eigenvalue weighted by molar-refractivity contribution is 5.05. The first-order valence-corrected chi connectivity index (χ1v) is 6.91. The van der Waals surface area contributed by atoms with Gasteiger partial charge in [0.15, 0.2) is 0 Å². The highest BCUT2D eigenvalue weighted by atomic mass is 16.5. The predicted molar refractivity (Wildman–Crippen MR) is 72.5 cm³/mol. The molecule has 1 aliphatic heterocycles. The molecular formula is C14H25N3O. The maximum Gasteiger partial charge on any atom is 0.105 e. The van der Waals surface area contributed by atoms with Crippen molar-refractivity contribution < 1.29 is 4.74 Å². The molecule has 2 rings (SSSR count). The van der Waals surface area contributed by atoms with Gasteiger partial charge in [0.1, 0.15) is 5.82 Å². The zero-order chi connectivity index (χ0) is 13.2. The minimum atomic E-state index is 0.0426. The SMILES string of the molecule is CCNCc1cnc(C)n1CC1CCC(C)(C)O1. The smallest absolute Gasteiger partial charge is 0.105 e. The fraction of sp³-hybridized carbons (Fsp3) is 0.786. The van der Waals surface area contributed by atoms with E-state index in [1.807, 2.05) is 6.20 Å². The Morgan fingerprint density at radius 1 is 1.56 bits per heavy atom. The maximum absolute atomic E-state index is 6.07. The van der Waals surface area contributed by atoms with Gasteiger partial charge in [-0.2, -0.15) is 0 Å². The average Bonchev–Trinajstić information content (AvgIpc) is 2.82. The first-order valence-electron chi connectivity index (χ1n) is 6.91. The van der Waals surface area contributed by atoms with Gasteiger partial charge in [-0.15, -0.1) is 0 Å². The molecule has 1 atom stereocenters. The van der Waals surface area contributed by atoms with Crippen LogP contribution < -0.4 is 5.32 Å². The number of hydrogen-bond acceptors (Lipinski definition) is 3. The molecule has 2 heterocycles. The minimum absolute atomic E-state index is 0.0426. The van der Waals surface area contributed by atoms with E-state index < -0.39 is 0 Å². The Balaban J connectivity index is 2.02. The zero-order valence-electron chi connectivity index (χ0n) is 12.0. The van der Waals surface area contributed by atoms with Crippen LogP contribution in [-0.2, 0) is 17.8 Å². The third kappa shape index (κ3) is 3.12. The molecule has 0 spiro atoms. The zero-order valence-corrected chi connectivity index (χ0v) is 12.0. The van der Waals surface area contributed by atoms with Crippen LogP contribution >= 0.6 is 0 Å². The van der Waals surface area contributed by atoms with Gasteiger partial charge in [-0.05, 0) is 40.2 Å². The molecule has 0 radical (unpaired) electrons. The summed E-state index contributed by atoms with van der Waals surface area (Å²) in [4.78, 5) is 4.42. The molecular weight excluding hydrogens is 226 g/mol. The molecule has 4 heteroatoms. The Bertz CT molecular complexity index is 398. The van der Waals surface area contributed by atoms with Gasteiger partial charge in [0.25, 0.3) is 0 Å². The summed E-state index contributed by atoms with van der Waals surface area (Å²) in [7, 11) is 0. The lowest BCUT2D eigenvalue weighted by molar-refractivity contribution is -0.0221. The molecule has 0 aliphatic carbocycles. The van der Waals surface area contributed by atoms with Crippen molar-refractivity contribution in [1.29, 1.82) is 0 Å². The second-order valence-electron chi connectivity index (χ2n) is 5.73. The molecule has 1 aromatic heterocycles. The second kappa shape index (κ2) is 5.41. The topological polar surface area (TPSA) is 39.1 Å². The first-order chi connectivity index (χ1) is 8.52. The van der Waals surface area contributed by atoms with Gasteiger partial charge in [0, 0.05) is 12.7 Å². The van der Waals surface area contributed by atoms with Crippen LogP contribution in [0.5, 0.6) is 0 Å². The molecule has 0 bridgehead atoms. The predicted octanol–water partition coefficient (Wildman–Crippen LogP) is 2.26. The summed E-state index contributed by atoms with van der Waals surface area (Å²) < 4.78 is 8.35. The van der Waals surface area contributed by atoms with Crippen LogP contribution in [-0.4, -0.2) is 27.8 Å². The fourth-order valence-corrected chi connectivity index (χ4v) is 2.57. The van der Waals surface area contributed by atoms with E-state index in [4.69, 9.17) is 4.74 Å². The Hall–Kier alpha value is -0.870. The summed E-state index contributed by atoms with van der Waals surface area (Å²) in [5.41, 5.74) is 1.30. The van der Waals surface area contributed by atoms with Crippen LogP contribution in [0.2, 0.25) is 0 Å². The largest absolute Gasteiger partial charge is 0.370 e. The number of aryl methyl sites for hydroxylation is 1. The molecule has 1 unspecified atom stereocenters. The Morgan fingerprint density at radius 3 is 2.94 bits per heavy atom. The molecule has 0 amide bonds. The molecule has 18 heavy (non-hydrogen) atoms. The van der Waals surface area contributed by atoms with Crippen LogP contribution in [0.4, 0.5) is 0 Å². The summed E-state index contributed by atoms with van der Waals surface area (Å²) in [5, 5.41) is 3.36. The quantitative estimate of drug-likeness (QED) is 0.872. The standard InChI is InChI=1S/C14H25N3O/c1-5-15-8-12-9-16-11(2)17(12)10-13-6-7-14(3,4)18-13/h9,13,15H,5-8,10H2,1-4H3. The number of nitrogens with one attached hydrogen (secondary N) is 1. The summed E-state index contributed by atoms with van der Waals surface area (Å²) >= 11 is 0. The van der Waals surface area contributed by atoms with Crippen molar-refractivity contribution in [2.75, 3.05) is 6.54 Å². The minimum Gasteiger partial charge on any atom is -0.370 e. The lowest BCUT2D eigenvalue weighted by Gasteiger charge is -2.21. The van der Waals surface area contributed by atoms with Gasteiger partial charge < -0.3 is 14.6 Å². The van der Waals surface area contributed by atoms with Crippen molar-refractivity contribution >= 4 is 0 Å². The van der Waals surface area contributed by atoms with E-state index in [1.165, 1.54) is 5.69 Å². The Morgan fingerprint density at radius 2 is 2.33 bits per heavy atom. The van der Waals surface area contributed by atoms with Crippen LogP contribution in [0.1, 0.15) is 45.1 Å². The molecule has 102 valence electrons. The second-order valence-corrected chi connectivity index (χ2v) is 5.73. The van der Waals surface area contributed by atoms with Crippen LogP contribution in [0, 0.1) is 6.92 Å². The maximum atomic E-state index is 6.07. The Kier molecular flexibility index (Phi) is 4.07. The summed E-state index contributed by atoms with van der Waals surface area (Å²) in [5.74, 6) is 1.08. The monoisotopic (exact) mass is 251 g/mol. The Labute approximate surface area is 110 Å². The third-order valence-electron chi connectivity index (χ3n) is 3.63. The molecule has 0 aromatic carbocycles. The number of nitrogens with zero attached hydrogens (tertiary/aromatic N) is 2. The van der Waals surface area contributed by atoms with Gasteiger partial charge in [-0.25, -0.2) is 4.98 Å².